The van der Waals surface area contributed by atoms with Gasteiger partial charge < -0.3 is 9.64 Å². The summed E-state index contributed by atoms with van der Waals surface area (Å²) in [6.07, 6.45) is 1.12. The van der Waals surface area contributed by atoms with Crippen LogP contribution >= 0.6 is 0 Å². The van der Waals surface area contributed by atoms with Gasteiger partial charge in [-0.1, -0.05) is 19.9 Å². The minimum absolute atomic E-state index is 0.0695. The zero-order chi connectivity index (χ0) is 18.9. The lowest BCUT2D eigenvalue weighted by Gasteiger charge is -2.35. The molecular weight excluding hydrogens is 352 g/mol. The Bertz CT molecular complexity index is 762. The maximum atomic E-state index is 13.1. The molecular formula is C19H28N2O4S. The fourth-order valence-corrected chi connectivity index (χ4v) is 5.36. The van der Waals surface area contributed by atoms with E-state index in [1.165, 1.54) is 4.31 Å². The summed E-state index contributed by atoms with van der Waals surface area (Å²) in [6, 6.07) is 4.88. The van der Waals surface area contributed by atoms with Crippen molar-refractivity contribution in [1.82, 2.24) is 9.21 Å². The van der Waals surface area contributed by atoms with Crippen LogP contribution in [0.3, 0.4) is 0 Å². The number of rotatable bonds is 3. The van der Waals surface area contributed by atoms with Crippen molar-refractivity contribution in [3.05, 3.63) is 29.3 Å². The minimum atomic E-state index is -3.60. The van der Waals surface area contributed by atoms with Crippen LogP contribution in [0.2, 0.25) is 0 Å². The molecule has 0 N–H and O–H groups in total. The lowest BCUT2D eigenvalue weighted by molar-refractivity contribution is 0.0622. The van der Waals surface area contributed by atoms with Gasteiger partial charge in [0.15, 0.2) is 0 Å². The number of nitrogens with zero attached hydrogens (tertiary/aromatic N) is 2. The predicted molar refractivity (Wildman–Crippen MR) is 99.6 cm³/mol. The van der Waals surface area contributed by atoms with Crippen LogP contribution in [0.25, 0.3) is 0 Å². The summed E-state index contributed by atoms with van der Waals surface area (Å²) in [4.78, 5) is 15.1. The zero-order valence-corrected chi connectivity index (χ0v) is 16.6. The Hall–Kier alpha value is -1.44. The third kappa shape index (κ3) is 3.94. The van der Waals surface area contributed by atoms with E-state index in [0.717, 1.165) is 25.1 Å². The molecule has 3 rings (SSSR count). The first kappa shape index (κ1) is 19.3. The van der Waals surface area contributed by atoms with Crippen LogP contribution in [-0.4, -0.2) is 62.9 Å². The highest BCUT2D eigenvalue weighted by Gasteiger charge is 2.30. The maximum absolute atomic E-state index is 13.1. The van der Waals surface area contributed by atoms with E-state index in [1.807, 2.05) is 11.8 Å². The minimum Gasteiger partial charge on any atom is -0.379 e. The van der Waals surface area contributed by atoms with Gasteiger partial charge in [0.05, 0.1) is 18.1 Å². The van der Waals surface area contributed by atoms with Gasteiger partial charge in [0.2, 0.25) is 10.0 Å². The quantitative estimate of drug-likeness (QED) is 0.806. The van der Waals surface area contributed by atoms with Crippen molar-refractivity contribution in [1.29, 1.82) is 0 Å². The number of carbonyl (C=O) groups excluding carboxylic acids is 1. The number of amides is 1. The normalized spacial score (nSPS) is 25.3. The third-order valence-corrected chi connectivity index (χ3v) is 7.10. The Labute approximate surface area is 156 Å². The van der Waals surface area contributed by atoms with E-state index in [0.29, 0.717) is 43.7 Å². The third-order valence-electron chi connectivity index (χ3n) is 5.20. The van der Waals surface area contributed by atoms with Gasteiger partial charge in [0, 0.05) is 31.7 Å². The smallest absolute Gasteiger partial charge is 0.254 e. The first-order valence-corrected chi connectivity index (χ1v) is 10.7. The number of likely N-dealkylation sites (tertiary alicyclic amines) is 1. The van der Waals surface area contributed by atoms with E-state index in [2.05, 4.69) is 13.8 Å². The van der Waals surface area contributed by atoms with E-state index in [-0.39, 0.29) is 10.8 Å². The second kappa shape index (κ2) is 7.66. The van der Waals surface area contributed by atoms with Gasteiger partial charge in [-0.25, -0.2) is 8.42 Å². The maximum Gasteiger partial charge on any atom is 0.254 e. The number of aryl methyl sites for hydroxylation is 1. The number of ether oxygens (including phenoxy) is 1. The number of morpholine rings is 1. The highest BCUT2D eigenvalue weighted by molar-refractivity contribution is 7.89. The highest BCUT2D eigenvalue weighted by Crippen LogP contribution is 2.25. The standard InChI is InChI=1S/C19H28N2O4S/c1-14-10-15(2)13-20(12-14)19(22)18-11-17(5-4-16(18)3)26(23,24)21-6-8-25-9-7-21/h4-5,11,14-15H,6-10,12-13H2,1-3H3/t14-,15-/m1/s1. The molecule has 2 fully saturated rings. The monoisotopic (exact) mass is 380 g/mol. The van der Waals surface area contributed by atoms with Crippen LogP contribution in [0, 0.1) is 18.8 Å². The summed E-state index contributed by atoms with van der Waals surface area (Å²) in [5.74, 6) is 0.853. The van der Waals surface area contributed by atoms with Crippen LogP contribution in [-0.2, 0) is 14.8 Å². The Balaban J connectivity index is 1.89. The van der Waals surface area contributed by atoms with Crippen molar-refractivity contribution in [2.24, 2.45) is 11.8 Å². The molecule has 0 aliphatic carbocycles. The second-order valence-electron chi connectivity index (χ2n) is 7.65. The van der Waals surface area contributed by atoms with Crippen molar-refractivity contribution >= 4 is 15.9 Å². The van der Waals surface area contributed by atoms with Crippen LogP contribution < -0.4 is 0 Å². The summed E-state index contributed by atoms with van der Waals surface area (Å²) in [5.41, 5.74) is 1.29. The van der Waals surface area contributed by atoms with Crippen LogP contribution in [0.4, 0.5) is 0 Å². The molecule has 2 atom stereocenters. The lowest BCUT2D eigenvalue weighted by Crippen LogP contribution is -2.43. The Morgan fingerprint density at radius 2 is 1.73 bits per heavy atom. The summed E-state index contributed by atoms with van der Waals surface area (Å²) in [5, 5.41) is 0. The molecule has 0 bridgehead atoms. The summed E-state index contributed by atoms with van der Waals surface area (Å²) >= 11 is 0. The summed E-state index contributed by atoms with van der Waals surface area (Å²) in [6.45, 7) is 9.12. The van der Waals surface area contributed by atoms with Crippen LogP contribution in [0.5, 0.6) is 0 Å². The van der Waals surface area contributed by atoms with Crippen molar-refractivity contribution in [3.63, 3.8) is 0 Å². The van der Waals surface area contributed by atoms with E-state index >= 15 is 0 Å². The molecule has 0 radical (unpaired) electrons. The fraction of sp³-hybridized carbons (Fsp3) is 0.632. The molecule has 2 saturated heterocycles. The van der Waals surface area contributed by atoms with Gasteiger partial charge in [0.25, 0.3) is 5.91 Å². The van der Waals surface area contributed by atoms with Crippen LogP contribution in [0.15, 0.2) is 23.1 Å². The Morgan fingerprint density at radius 1 is 1.12 bits per heavy atom. The number of piperidine rings is 1. The molecule has 26 heavy (non-hydrogen) atoms. The molecule has 1 amide bonds. The average molecular weight is 381 g/mol. The van der Waals surface area contributed by atoms with Gasteiger partial charge in [-0.15, -0.1) is 0 Å². The van der Waals surface area contributed by atoms with Crippen LogP contribution in [0.1, 0.15) is 36.2 Å². The SMILES string of the molecule is Cc1ccc(S(=O)(=O)N2CCOCC2)cc1C(=O)N1C[C@H](C)C[C@@H](C)C1. The fourth-order valence-electron chi connectivity index (χ4n) is 3.93. The number of hydrogen-bond acceptors (Lipinski definition) is 4. The summed E-state index contributed by atoms with van der Waals surface area (Å²) in [7, 11) is -3.60. The van der Waals surface area contributed by atoms with Crippen molar-refractivity contribution < 1.29 is 17.9 Å². The highest BCUT2D eigenvalue weighted by atomic mass is 32.2. The van der Waals surface area contributed by atoms with Crippen molar-refractivity contribution in [3.8, 4) is 0 Å². The first-order chi connectivity index (χ1) is 12.3. The molecule has 0 aromatic heterocycles. The molecule has 6 nitrogen and oxygen atoms in total. The molecule has 2 heterocycles. The molecule has 1 aromatic carbocycles. The Morgan fingerprint density at radius 3 is 2.35 bits per heavy atom. The molecule has 144 valence electrons. The van der Waals surface area contributed by atoms with E-state index in [9.17, 15) is 13.2 Å². The number of benzene rings is 1. The molecule has 2 aliphatic heterocycles. The molecule has 0 saturated carbocycles. The lowest BCUT2D eigenvalue weighted by atomic mass is 9.91. The van der Waals surface area contributed by atoms with Gasteiger partial charge >= 0.3 is 0 Å². The number of sulfonamides is 1. The van der Waals surface area contributed by atoms with E-state index < -0.39 is 10.0 Å². The van der Waals surface area contributed by atoms with Gasteiger partial charge in [-0.05, 0) is 42.9 Å². The molecule has 2 aliphatic rings. The largest absolute Gasteiger partial charge is 0.379 e. The average Bonchev–Trinajstić information content (AvgIpc) is 2.61. The summed E-state index contributed by atoms with van der Waals surface area (Å²) < 4.78 is 32.5. The topological polar surface area (TPSA) is 66.9 Å². The van der Waals surface area contributed by atoms with Crippen molar-refractivity contribution in [2.75, 3.05) is 39.4 Å². The van der Waals surface area contributed by atoms with Gasteiger partial charge in [-0.2, -0.15) is 4.31 Å². The number of hydrogen-bond donors (Lipinski definition) is 0. The molecule has 7 heteroatoms. The van der Waals surface area contributed by atoms with Crippen molar-refractivity contribution in [2.45, 2.75) is 32.1 Å². The molecule has 0 spiro atoms. The Kier molecular flexibility index (Phi) is 5.69. The molecule has 1 aromatic rings. The van der Waals surface area contributed by atoms with Gasteiger partial charge in [0.1, 0.15) is 0 Å². The molecule has 0 unspecified atom stereocenters. The predicted octanol–water partition coefficient (Wildman–Crippen LogP) is 2.13. The zero-order valence-electron chi connectivity index (χ0n) is 15.8. The van der Waals surface area contributed by atoms with E-state index in [4.69, 9.17) is 4.74 Å². The van der Waals surface area contributed by atoms with E-state index in [1.54, 1.807) is 18.2 Å². The number of carbonyl (C=O) groups is 1. The first-order valence-electron chi connectivity index (χ1n) is 9.27. The van der Waals surface area contributed by atoms with Gasteiger partial charge in [-0.3, -0.25) is 4.79 Å². The second-order valence-corrected chi connectivity index (χ2v) is 9.59.